The van der Waals surface area contributed by atoms with Crippen molar-refractivity contribution in [3.8, 4) is 11.5 Å². The SMILES string of the molecule is CC(C)(C)NC(=O)c1ccc2c(c1)OCC(/C(=C\F)CN)O2. The molecule has 1 heterocycles. The van der Waals surface area contributed by atoms with E-state index in [4.69, 9.17) is 15.2 Å². The first-order valence-electron chi connectivity index (χ1n) is 7.09. The van der Waals surface area contributed by atoms with Crippen molar-refractivity contribution in [1.82, 2.24) is 5.32 Å². The number of halogens is 1. The van der Waals surface area contributed by atoms with Gasteiger partial charge in [-0.1, -0.05) is 0 Å². The predicted molar refractivity (Wildman–Crippen MR) is 81.8 cm³/mol. The molecule has 0 saturated heterocycles. The standard InChI is InChI=1S/C16H21FN2O3/c1-16(2,3)19-15(20)10-4-5-12-13(6-10)21-9-14(22-12)11(7-17)8-18/h4-7,14H,8-9,18H2,1-3H3,(H,19,20)/b11-7-. The largest absolute Gasteiger partial charge is 0.485 e. The van der Waals surface area contributed by atoms with E-state index in [0.29, 0.717) is 29.0 Å². The first-order chi connectivity index (χ1) is 10.3. The summed E-state index contributed by atoms with van der Waals surface area (Å²) < 4.78 is 24.0. The Bertz CT molecular complexity index is 594. The molecular weight excluding hydrogens is 287 g/mol. The molecule has 2 rings (SSSR count). The average Bonchev–Trinajstić information content (AvgIpc) is 2.46. The molecule has 0 spiro atoms. The summed E-state index contributed by atoms with van der Waals surface area (Å²) >= 11 is 0. The van der Waals surface area contributed by atoms with E-state index >= 15 is 0 Å². The van der Waals surface area contributed by atoms with Crippen LogP contribution in [0.25, 0.3) is 0 Å². The average molecular weight is 308 g/mol. The summed E-state index contributed by atoms with van der Waals surface area (Å²) in [4.78, 5) is 12.1. The summed E-state index contributed by atoms with van der Waals surface area (Å²) in [6, 6.07) is 4.91. The molecule has 3 N–H and O–H groups in total. The molecule has 5 nitrogen and oxygen atoms in total. The van der Waals surface area contributed by atoms with Crippen LogP contribution >= 0.6 is 0 Å². The van der Waals surface area contributed by atoms with Gasteiger partial charge in [-0.2, -0.15) is 0 Å². The Morgan fingerprint density at radius 2 is 2.18 bits per heavy atom. The van der Waals surface area contributed by atoms with E-state index in [0.717, 1.165) is 0 Å². The van der Waals surface area contributed by atoms with Crippen LogP contribution in [0.5, 0.6) is 11.5 Å². The lowest BCUT2D eigenvalue weighted by Crippen LogP contribution is -2.40. The fourth-order valence-electron chi connectivity index (χ4n) is 2.05. The molecule has 1 amide bonds. The molecule has 0 bridgehead atoms. The van der Waals surface area contributed by atoms with Gasteiger partial charge in [-0.3, -0.25) is 4.79 Å². The van der Waals surface area contributed by atoms with Crippen LogP contribution in [-0.2, 0) is 0 Å². The second-order valence-corrected chi connectivity index (χ2v) is 6.17. The van der Waals surface area contributed by atoms with Crippen LogP contribution in [0.3, 0.4) is 0 Å². The van der Waals surface area contributed by atoms with E-state index in [1.54, 1.807) is 18.2 Å². The minimum absolute atomic E-state index is 0.0614. The number of ether oxygens (including phenoxy) is 2. The maximum Gasteiger partial charge on any atom is 0.251 e. The Balaban J connectivity index is 2.16. The number of rotatable bonds is 3. The maximum absolute atomic E-state index is 12.7. The number of fused-ring (bicyclic) bond motifs is 1. The van der Waals surface area contributed by atoms with Crippen molar-refractivity contribution in [3.63, 3.8) is 0 Å². The molecule has 120 valence electrons. The van der Waals surface area contributed by atoms with Crippen molar-refractivity contribution < 1.29 is 18.7 Å². The molecule has 1 unspecified atom stereocenters. The summed E-state index contributed by atoms with van der Waals surface area (Å²) in [5.74, 6) is 0.747. The van der Waals surface area contributed by atoms with Gasteiger partial charge in [0.2, 0.25) is 0 Å². The highest BCUT2D eigenvalue weighted by Gasteiger charge is 2.25. The van der Waals surface area contributed by atoms with E-state index in [2.05, 4.69) is 5.32 Å². The third-order valence-electron chi connectivity index (χ3n) is 3.14. The molecule has 1 aromatic rings. The van der Waals surface area contributed by atoms with Crippen LogP contribution in [0.2, 0.25) is 0 Å². The number of amides is 1. The number of carbonyl (C=O) groups is 1. The smallest absolute Gasteiger partial charge is 0.251 e. The van der Waals surface area contributed by atoms with Gasteiger partial charge in [0, 0.05) is 23.2 Å². The number of nitrogens with two attached hydrogens (primary N) is 1. The molecule has 1 aliphatic heterocycles. The monoisotopic (exact) mass is 308 g/mol. The summed E-state index contributed by atoms with van der Waals surface area (Å²) in [5, 5.41) is 2.88. The highest BCUT2D eigenvalue weighted by Crippen LogP contribution is 2.34. The van der Waals surface area contributed by atoms with Gasteiger partial charge in [0.1, 0.15) is 6.61 Å². The summed E-state index contributed by atoms with van der Waals surface area (Å²) in [5.41, 5.74) is 5.95. The second kappa shape index (κ2) is 6.36. The lowest BCUT2D eigenvalue weighted by atomic mass is 10.1. The zero-order chi connectivity index (χ0) is 16.3. The van der Waals surface area contributed by atoms with E-state index < -0.39 is 6.10 Å². The van der Waals surface area contributed by atoms with Crippen molar-refractivity contribution >= 4 is 5.91 Å². The Hall–Kier alpha value is -2.08. The zero-order valence-electron chi connectivity index (χ0n) is 13.0. The fraction of sp³-hybridized carbons (Fsp3) is 0.438. The predicted octanol–water partition coefficient (Wildman–Crippen LogP) is 2.17. The van der Waals surface area contributed by atoms with Crippen LogP contribution in [0.15, 0.2) is 30.1 Å². The first kappa shape index (κ1) is 16.3. The van der Waals surface area contributed by atoms with E-state index in [1.165, 1.54) is 0 Å². The molecular formula is C16H21FN2O3. The Morgan fingerprint density at radius 3 is 2.77 bits per heavy atom. The zero-order valence-corrected chi connectivity index (χ0v) is 13.0. The summed E-state index contributed by atoms with van der Waals surface area (Å²) in [7, 11) is 0. The third-order valence-corrected chi connectivity index (χ3v) is 3.14. The molecule has 1 aromatic carbocycles. The fourth-order valence-corrected chi connectivity index (χ4v) is 2.05. The number of carbonyl (C=O) groups excluding carboxylic acids is 1. The van der Waals surface area contributed by atoms with Crippen LogP contribution in [0.1, 0.15) is 31.1 Å². The van der Waals surface area contributed by atoms with Crippen molar-refractivity contribution in [2.24, 2.45) is 5.73 Å². The van der Waals surface area contributed by atoms with Gasteiger partial charge in [-0.25, -0.2) is 4.39 Å². The van der Waals surface area contributed by atoms with E-state index in [9.17, 15) is 9.18 Å². The molecule has 0 aromatic heterocycles. The van der Waals surface area contributed by atoms with Gasteiger partial charge in [0.05, 0.1) is 6.33 Å². The van der Waals surface area contributed by atoms with Gasteiger partial charge in [-0.15, -0.1) is 0 Å². The number of benzene rings is 1. The highest BCUT2D eigenvalue weighted by atomic mass is 19.1. The van der Waals surface area contributed by atoms with Crippen molar-refractivity contribution in [3.05, 3.63) is 35.7 Å². The van der Waals surface area contributed by atoms with Crippen molar-refractivity contribution in [2.45, 2.75) is 32.4 Å². The van der Waals surface area contributed by atoms with Gasteiger partial charge in [-0.05, 0) is 39.0 Å². The summed E-state index contributed by atoms with van der Waals surface area (Å²) in [6.07, 6.45) is -0.0961. The molecule has 0 saturated carbocycles. The number of hydrogen-bond donors (Lipinski definition) is 2. The quantitative estimate of drug-likeness (QED) is 0.897. The lowest BCUT2D eigenvalue weighted by molar-refractivity contribution is 0.0915. The second-order valence-electron chi connectivity index (χ2n) is 6.17. The number of nitrogens with one attached hydrogen (secondary N) is 1. The van der Waals surface area contributed by atoms with Crippen LogP contribution in [-0.4, -0.2) is 30.7 Å². The highest BCUT2D eigenvalue weighted by molar-refractivity contribution is 5.95. The molecule has 0 fully saturated rings. The molecule has 6 heteroatoms. The molecule has 0 aliphatic carbocycles. The minimum atomic E-state index is -0.545. The first-order valence-corrected chi connectivity index (χ1v) is 7.09. The molecule has 1 aliphatic rings. The topological polar surface area (TPSA) is 73.6 Å². The Labute approximate surface area is 129 Å². The summed E-state index contributed by atoms with van der Waals surface area (Å²) in [6.45, 7) is 5.94. The van der Waals surface area contributed by atoms with Gasteiger partial charge in [0.15, 0.2) is 17.6 Å². The Morgan fingerprint density at radius 1 is 1.45 bits per heavy atom. The maximum atomic E-state index is 12.7. The van der Waals surface area contributed by atoms with Gasteiger partial charge in [0.25, 0.3) is 5.91 Å². The normalized spacial score (nSPS) is 18.0. The molecule has 22 heavy (non-hydrogen) atoms. The molecule has 0 radical (unpaired) electrons. The Kier molecular flexibility index (Phi) is 4.71. The number of hydrogen-bond acceptors (Lipinski definition) is 4. The van der Waals surface area contributed by atoms with Crippen LogP contribution < -0.4 is 20.5 Å². The minimum Gasteiger partial charge on any atom is -0.485 e. The van der Waals surface area contributed by atoms with Gasteiger partial charge < -0.3 is 20.5 Å². The van der Waals surface area contributed by atoms with Crippen LogP contribution in [0, 0.1) is 0 Å². The lowest BCUT2D eigenvalue weighted by Gasteiger charge is -2.28. The third kappa shape index (κ3) is 3.76. The molecule has 1 atom stereocenters. The van der Waals surface area contributed by atoms with E-state index in [-0.39, 0.29) is 24.6 Å². The van der Waals surface area contributed by atoms with Crippen molar-refractivity contribution in [2.75, 3.05) is 13.2 Å². The van der Waals surface area contributed by atoms with Crippen molar-refractivity contribution in [1.29, 1.82) is 0 Å². The van der Waals surface area contributed by atoms with E-state index in [1.807, 2.05) is 20.8 Å². The van der Waals surface area contributed by atoms with Gasteiger partial charge >= 0.3 is 0 Å². The van der Waals surface area contributed by atoms with Crippen LogP contribution in [0.4, 0.5) is 4.39 Å².